The molecule has 1 spiro atoms. The van der Waals surface area contributed by atoms with Crippen molar-refractivity contribution in [2.24, 2.45) is 0 Å². The standard InChI is InChI=1S/C37H38ClF4N3O6/c38-11-3-1-2-4-13-48-15-16-49-14-12-43-33(46)24-5-8-27-30(17-24)37(51-34(27)47)28-9-6-25(44-20-35(39,40)21-44)18-31(28)50-32-19-26(7-10-29(32)37)45-22-36(41,42)23-45/h5-10,17-19H,1-4,11-16,20-23H2,(H,43,46). The van der Waals surface area contributed by atoms with Crippen molar-refractivity contribution in [2.75, 3.05) is 74.8 Å². The molecular weight excluding hydrogens is 694 g/mol. The second-order valence-corrected chi connectivity index (χ2v) is 13.7. The Kier molecular flexibility index (Phi) is 9.81. The minimum Gasteiger partial charge on any atom is -0.456 e. The van der Waals surface area contributed by atoms with Gasteiger partial charge < -0.3 is 34.1 Å². The van der Waals surface area contributed by atoms with E-state index in [0.717, 1.165) is 25.7 Å². The lowest BCUT2D eigenvalue weighted by Gasteiger charge is -2.43. The smallest absolute Gasteiger partial charge is 0.340 e. The largest absolute Gasteiger partial charge is 0.456 e. The van der Waals surface area contributed by atoms with Crippen LogP contribution in [0.1, 0.15) is 63.1 Å². The van der Waals surface area contributed by atoms with Gasteiger partial charge in [0.1, 0.15) is 11.5 Å². The van der Waals surface area contributed by atoms with Gasteiger partial charge in [0.05, 0.1) is 51.6 Å². The number of carbonyl (C=O) groups excluding carboxylic acids is 2. The van der Waals surface area contributed by atoms with Crippen molar-refractivity contribution in [1.82, 2.24) is 5.32 Å². The van der Waals surface area contributed by atoms with Gasteiger partial charge in [0.15, 0.2) is 5.60 Å². The number of esters is 1. The molecule has 0 aliphatic carbocycles. The fourth-order valence-corrected chi connectivity index (χ4v) is 7.12. The van der Waals surface area contributed by atoms with E-state index in [4.69, 9.17) is 30.5 Å². The van der Waals surface area contributed by atoms with Crippen LogP contribution >= 0.6 is 11.6 Å². The summed E-state index contributed by atoms with van der Waals surface area (Å²) in [6.45, 7) is 0.209. The molecule has 3 aromatic carbocycles. The number of fused-ring (bicyclic) bond motifs is 6. The van der Waals surface area contributed by atoms with Crippen LogP contribution in [0, 0.1) is 0 Å². The van der Waals surface area contributed by atoms with Crippen molar-refractivity contribution < 1.29 is 46.1 Å². The molecule has 1 amide bonds. The number of unbranched alkanes of at least 4 members (excludes halogenated alkanes) is 3. The predicted octanol–water partition coefficient (Wildman–Crippen LogP) is 6.73. The van der Waals surface area contributed by atoms with Gasteiger partial charge in [-0.3, -0.25) is 4.79 Å². The predicted molar refractivity (Wildman–Crippen MR) is 182 cm³/mol. The Balaban J connectivity index is 1.10. The molecule has 9 nitrogen and oxygen atoms in total. The van der Waals surface area contributed by atoms with Crippen LogP contribution in [0.2, 0.25) is 0 Å². The minimum absolute atomic E-state index is 0.241. The van der Waals surface area contributed by atoms with E-state index < -0.39 is 49.6 Å². The third-order valence-corrected chi connectivity index (χ3v) is 9.80. The average molecular weight is 732 g/mol. The number of carbonyl (C=O) groups is 2. The lowest BCUT2D eigenvalue weighted by Crippen LogP contribution is -2.56. The van der Waals surface area contributed by atoms with E-state index in [-0.39, 0.29) is 41.7 Å². The Bertz CT molecular complexity index is 1720. The van der Waals surface area contributed by atoms with E-state index in [2.05, 4.69) is 5.32 Å². The van der Waals surface area contributed by atoms with Gasteiger partial charge in [-0.2, -0.15) is 0 Å². The van der Waals surface area contributed by atoms with Crippen LogP contribution in [-0.2, 0) is 19.8 Å². The first-order valence-electron chi connectivity index (χ1n) is 17.1. The third kappa shape index (κ3) is 7.07. The number of nitrogens with one attached hydrogen (secondary N) is 1. The highest BCUT2D eigenvalue weighted by molar-refractivity contribution is 6.17. The third-order valence-electron chi connectivity index (χ3n) is 9.53. The fourth-order valence-electron chi connectivity index (χ4n) is 6.94. The molecule has 4 heterocycles. The number of halogens is 5. The SMILES string of the molecule is O=C(NCCOCCOCCCCCCCl)c1ccc2c(c1)C1(OC2=O)c2ccc(N3CC(F)(F)C3)cc2Oc2cc(N3CC(F)(F)C3)ccc21. The minimum atomic E-state index is -2.81. The van der Waals surface area contributed by atoms with E-state index >= 15 is 0 Å². The van der Waals surface area contributed by atoms with Crippen molar-refractivity contribution in [3.05, 3.63) is 82.4 Å². The van der Waals surface area contributed by atoms with Crippen LogP contribution in [0.4, 0.5) is 28.9 Å². The van der Waals surface area contributed by atoms with Crippen molar-refractivity contribution in [3.63, 3.8) is 0 Å². The first-order chi connectivity index (χ1) is 24.5. The molecule has 2 saturated heterocycles. The number of benzene rings is 3. The zero-order chi connectivity index (χ0) is 35.8. The zero-order valence-electron chi connectivity index (χ0n) is 27.8. The van der Waals surface area contributed by atoms with Gasteiger partial charge in [0.25, 0.3) is 17.8 Å². The van der Waals surface area contributed by atoms with Crippen molar-refractivity contribution in [1.29, 1.82) is 0 Å². The van der Waals surface area contributed by atoms with Crippen LogP contribution in [0.15, 0.2) is 54.6 Å². The molecule has 4 aliphatic heterocycles. The summed E-state index contributed by atoms with van der Waals surface area (Å²) >= 11 is 5.69. The molecule has 0 atom stereocenters. The van der Waals surface area contributed by atoms with E-state index in [1.165, 1.54) is 21.9 Å². The number of alkyl halides is 5. The Morgan fingerprint density at radius 1 is 0.745 bits per heavy atom. The number of amides is 1. The lowest BCUT2D eigenvalue weighted by atomic mass is 9.77. The van der Waals surface area contributed by atoms with Gasteiger partial charge >= 0.3 is 5.97 Å². The number of hydrogen-bond acceptors (Lipinski definition) is 8. The summed E-state index contributed by atoms with van der Waals surface area (Å²) in [7, 11) is 0. The molecule has 51 heavy (non-hydrogen) atoms. The Morgan fingerprint density at radius 3 is 1.92 bits per heavy atom. The zero-order valence-corrected chi connectivity index (χ0v) is 28.6. The summed E-state index contributed by atoms with van der Waals surface area (Å²) in [5.74, 6) is -5.44. The quantitative estimate of drug-likeness (QED) is 0.0798. The Morgan fingerprint density at radius 2 is 1.33 bits per heavy atom. The Hall–Kier alpha value is -4.07. The van der Waals surface area contributed by atoms with Gasteiger partial charge in [0.2, 0.25) is 0 Å². The molecular formula is C37H38ClF4N3O6. The molecule has 0 bridgehead atoms. The normalized spacial score (nSPS) is 18.6. The Labute approximate surface area is 297 Å². The van der Waals surface area contributed by atoms with E-state index in [1.54, 1.807) is 42.5 Å². The van der Waals surface area contributed by atoms with Crippen LogP contribution in [0.3, 0.4) is 0 Å². The van der Waals surface area contributed by atoms with Crippen LogP contribution in [-0.4, -0.2) is 88.8 Å². The van der Waals surface area contributed by atoms with E-state index in [0.29, 0.717) is 53.8 Å². The molecule has 1 N–H and O–H groups in total. The summed E-state index contributed by atoms with van der Waals surface area (Å²) in [5, 5.41) is 2.84. The molecule has 4 aliphatic rings. The summed E-state index contributed by atoms with van der Waals surface area (Å²) in [4.78, 5) is 29.8. The number of nitrogens with zero attached hydrogens (tertiary/aromatic N) is 2. The maximum atomic E-state index is 13.8. The fraction of sp³-hybridized carbons (Fsp3) is 0.459. The van der Waals surface area contributed by atoms with Gasteiger partial charge in [-0.15, -0.1) is 11.6 Å². The van der Waals surface area contributed by atoms with Crippen LogP contribution in [0.5, 0.6) is 11.5 Å². The number of hydrogen-bond donors (Lipinski definition) is 1. The molecule has 0 radical (unpaired) electrons. The van der Waals surface area contributed by atoms with E-state index in [1.807, 2.05) is 0 Å². The number of anilines is 2. The molecule has 0 aromatic heterocycles. The van der Waals surface area contributed by atoms with Crippen molar-refractivity contribution >= 4 is 34.9 Å². The van der Waals surface area contributed by atoms with Crippen molar-refractivity contribution in [2.45, 2.75) is 43.1 Å². The van der Waals surface area contributed by atoms with Gasteiger partial charge in [-0.05, 0) is 55.3 Å². The molecule has 0 unspecified atom stereocenters. The number of rotatable bonds is 15. The van der Waals surface area contributed by atoms with Gasteiger partial charge in [-0.25, -0.2) is 22.4 Å². The second-order valence-electron chi connectivity index (χ2n) is 13.3. The molecule has 272 valence electrons. The van der Waals surface area contributed by atoms with Crippen molar-refractivity contribution in [3.8, 4) is 11.5 Å². The summed E-state index contributed by atoms with van der Waals surface area (Å²) in [6.07, 6.45) is 4.14. The first-order valence-corrected chi connectivity index (χ1v) is 17.6. The monoisotopic (exact) mass is 731 g/mol. The van der Waals surface area contributed by atoms with Gasteiger partial charge in [-0.1, -0.05) is 12.8 Å². The molecule has 3 aromatic rings. The number of ether oxygens (including phenoxy) is 4. The molecule has 2 fully saturated rings. The molecule has 14 heteroatoms. The second kappa shape index (κ2) is 14.2. The maximum Gasteiger partial charge on any atom is 0.340 e. The highest BCUT2D eigenvalue weighted by Crippen LogP contribution is 2.57. The lowest BCUT2D eigenvalue weighted by molar-refractivity contribution is -0.0268. The van der Waals surface area contributed by atoms with E-state index in [9.17, 15) is 27.2 Å². The highest BCUT2D eigenvalue weighted by Gasteiger charge is 2.55. The van der Waals surface area contributed by atoms with Gasteiger partial charge in [0, 0.05) is 64.8 Å². The summed E-state index contributed by atoms with van der Waals surface area (Å²) in [6, 6.07) is 14.6. The highest BCUT2D eigenvalue weighted by atomic mass is 35.5. The summed E-state index contributed by atoms with van der Waals surface area (Å²) in [5.41, 5.74) is 1.20. The topological polar surface area (TPSA) is 89.6 Å². The molecule has 7 rings (SSSR count). The van der Waals surface area contributed by atoms with Crippen LogP contribution in [0.25, 0.3) is 0 Å². The molecule has 0 saturated carbocycles. The maximum absolute atomic E-state index is 13.8. The van der Waals surface area contributed by atoms with Crippen LogP contribution < -0.4 is 19.9 Å². The average Bonchev–Trinajstić information content (AvgIpc) is 3.37. The summed E-state index contributed by atoms with van der Waals surface area (Å²) < 4.78 is 78.7. The first kappa shape index (κ1) is 35.3.